The molecule has 1 aromatic heterocycles. The van der Waals surface area contributed by atoms with Gasteiger partial charge in [-0.2, -0.15) is 0 Å². The summed E-state index contributed by atoms with van der Waals surface area (Å²) in [5.41, 5.74) is 1.46. The monoisotopic (exact) mass is 291 g/mol. The molecule has 0 aliphatic heterocycles. The van der Waals surface area contributed by atoms with Gasteiger partial charge in [0, 0.05) is 30.9 Å². The summed E-state index contributed by atoms with van der Waals surface area (Å²) in [6.45, 7) is -0.118. The molecule has 110 valence electrons. The van der Waals surface area contributed by atoms with Gasteiger partial charge in [-0.25, -0.2) is 4.79 Å². The molecule has 0 bridgehead atoms. The van der Waals surface area contributed by atoms with Gasteiger partial charge in [-0.1, -0.05) is 12.1 Å². The molecule has 21 heavy (non-hydrogen) atoms. The van der Waals surface area contributed by atoms with E-state index in [1.807, 2.05) is 0 Å². The Labute approximate surface area is 118 Å². The topological polar surface area (TPSA) is 125 Å². The third-order valence-corrected chi connectivity index (χ3v) is 3.04. The number of benzene rings is 1. The van der Waals surface area contributed by atoms with Crippen LogP contribution in [0.5, 0.6) is 0 Å². The first-order chi connectivity index (χ1) is 9.95. The van der Waals surface area contributed by atoms with Crippen molar-refractivity contribution in [3.8, 4) is 0 Å². The van der Waals surface area contributed by atoms with Gasteiger partial charge < -0.3 is 9.99 Å². The highest BCUT2D eigenvalue weighted by Crippen LogP contribution is 2.27. The maximum absolute atomic E-state index is 12.0. The van der Waals surface area contributed by atoms with E-state index in [-0.39, 0.29) is 17.9 Å². The lowest BCUT2D eigenvalue weighted by atomic mass is 10.1. The predicted octanol–water partition coefficient (Wildman–Crippen LogP) is -0.211. The first kappa shape index (κ1) is 14.5. The van der Waals surface area contributed by atoms with E-state index in [2.05, 4.69) is 5.43 Å². The molecular weight excluding hydrogens is 278 g/mol. The molecule has 0 spiro atoms. The van der Waals surface area contributed by atoms with Crippen molar-refractivity contribution in [1.82, 2.24) is 9.13 Å². The van der Waals surface area contributed by atoms with Gasteiger partial charge in [-0.3, -0.25) is 25.3 Å². The zero-order valence-electron chi connectivity index (χ0n) is 11.1. The van der Waals surface area contributed by atoms with Gasteiger partial charge in [0.1, 0.15) is 5.69 Å². The van der Waals surface area contributed by atoms with Crippen molar-refractivity contribution >= 4 is 11.4 Å². The highest BCUT2D eigenvalue weighted by atomic mass is 16.6. The summed E-state index contributed by atoms with van der Waals surface area (Å²) in [4.78, 5) is 34.1. The molecule has 0 unspecified atom stereocenters. The number of nitrogen functional groups attached to an aromatic ring is 1. The number of aromatic nitrogens is 2. The number of hydrogen-bond donors (Lipinski definition) is 2. The van der Waals surface area contributed by atoms with E-state index in [0.29, 0.717) is 5.56 Å². The standard InChI is InChI=1S/C12H13N5O4/c1-15-6-5-10(18)16(12(15)19)7-8-3-2-4-9(17(20)21)11(8)14-13/h2-6,14H,7,13H2,1H3. The molecule has 0 atom stereocenters. The molecule has 1 aromatic carbocycles. The van der Waals surface area contributed by atoms with Crippen molar-refractivity contribution in [3.63, 3.8) is 0 Å². The quantitative estimate of drug-likeness (QED) is 0.456. The minimum atomic E-state index is -0.593. The summed E-state index contributed by atoms with van der Waals surface area (Å²) < 4.78 is 2.22. The lowest BCUT2D eigenvalue weighted by molar-refractivity contribution is -0.384. The molecule has 0 aliphatic rings. The third-order valence-electron chi connectivity index (χ3n) is 3.04. The number of nitro groups is 1. The Morgan fingerprint density at radius 3 is 2.67 bits per heavy atom. The Morgan fingerprint density at radius 1 is 1.33 bits per heavy atom. The van der Waals surface area contributed by atoms with Gasteiger partial charge in [0.25, 0.3) is 11.2 Å². The Kier molecular flexibility index (Phi) is 3.85. The van der Waals surface area contributed by atoms with Crippen LogP contribution >= 0.6 is 0 Å². The third kappa shape index (κ3) is 2.67. The summed E-state index contributed by atoms with van der Waals surface area (Å²) in [6.07, 6.45) is 1.36. The van der Waals surface area contributed by atoms with E-state index in [9.17, 15) is 19.7 Å². The maximum atomic E-state index is 12.0. The smallest absolute Gasteiger partial charge is 0.318 e. The fraction of sp³-hybridized carbons (Fsp3) is 0.167. The molecule has 1 heterocycles. The first-order valence-electron chi connectivity index (χ1n) is 5.95. The summed E-state index contributed by atoms with van der Waals surface area (Å²) in [5.74, 6) is 5.32. The minimum Gasteiger partial charge on any atom is -0.318 e. The SMILES string of the molecule is Cn1ccc(=O)n(Cc2cccc([N+](=O)[O-])c2NN)c1=O. The van der Waals surface area contributed by atoms with E-state index < -0.39 is 16.2 Å². The van der Waals surface area contributed by atoms with Crippen molar-refractivity contribution in [3.05, 3.63) is 67.0 Å². The number of anilines is 1. The van der Waals surface area contributed by atoms with Crippen LogP contribution in [-0.4, -0.2) is 14.1 Å². The van der Waals surface area contributed by atoms with Crippen molar-refractivity contribution in [2.45, 2.75) is 6.54 Å². The minimum absolute atomic E-state index is 0.0697. The van der Waals surface area contributed by atoms with Crippen LogP contribution in [0.4, 0.5) is 11.4 Å². The number of para-hydroxylation sites is 1. The summed E-state index contributed by atoms with van der Waals surface area (Å²) >= 11 is 0. The molecular formula is C12H13N5O4. The fourth-order valence-corrected chi connectivity index (χ4v) is 1.97. The molecule has 2 rings (SSSR count). The maximum Gasteiger partial charge on any atom is 0.331 e. The number of nitro benzene ring substituents is 1. The van der Waals surface area contributed by atoms with E-state index in [1.54, 1.807) is 6.07 Å². The van der Waals surface area contributed by atoms with E-state index >= 15 is 0 Å². The molecule has 0 amide bonds. The summed E-state index contributed by atoms with van der Waals surface area (Å²) in [7, 11) is 1.51. The molecule has 3 N–H and O–H groups in total. The highest BCUT2D eigenvalue weighted by molar-refractivity contribution is 5.65. The van der Waals surface area contributed by atoms with Gasteiger partial charge in [0.15, 0.2) is 0 Å². The number of aryl methyl sites for hydroxylation is 1. The van der Waals surface area contributed by atoms with E-state index in [1.165, 1.54) is 36.0 Å². The molecule has 9 nitrogen and oxygen atoms in total. The predicted molar refractivity (Wildman–Crippen MR) is 76.0 cm³/mol. The lowest BCUT2D eigenvalue weighted by Crippen LogP contribution is -2.38. The van der Waals surface area contributed by atoms with Crippen LogP contribution in [0.2, 0.25) is 0 Å². The van der Waals surface area contributed by atoms with Gasteiger partial charge in [-0.15, -0.1) is 0 Å². The van der Waals surface area contributed by atoms with Crippen LogP contribution in [0, 0.1) is 10.1 Å². The van der Waals surface area contributed by atoms with Gasteiger partial charge in [0.05, 0.1) is 11.5 Å². The number of nitrogens with zero attached hydrogens (tertiary/aromatic N) is 3. The van der Waals surface area contributed by atoms with Crippen molar-refractivity contribution in [1.29, 1.82) is 0 Å². The first-order valence-corrected chi connectivity index (χ1v) is 5.95. The van der Waals surface area contributed by atoms with Crippen LogP contribution < -0.4 is 22.5 Å². The molecule has 0 radical (unpaired) electrons. The number of rotatable bonds is 4. The zero-order valence-corrected chi connectivity index (χ0v) is 11.1. The number of nitrogens with two attached hydrogens (primary N) is 1. The second-order valence-electron chi connectivity index (χ2n) is 4.35. The van der Waals surface area contributed by atoms with Crippen molar-refractivity contribution in [2.75, 3.05) is 5.43 Å². The average Bonchev–Trinajstić information content (AvgIpc) is 2.47. The van der Waals surface area contributed by atoms with Crippen molar-refractivity contribution < 1.29 is 4.92 Å². The van der Waals surface area contributed by atoms with Crippen LogP contribution in [0.15, 0.2) is 40.1 Å². The van der Waals surface area contributed by atoms with E-state index in [4.69, 9.17) is 5.84 Å². The molecule has 2 aromatic rings. The van der Waals surface area contributed by atoms with Crippen LogP contribution in [0.3, 0.4) is 0 Å². The molecule has 0 saturated carbocycles. The number of nitrogens with one attached hydrogen (secondary N) is 1. The van der Waals surface area contributed by atoms with Gasteiger partial charge in [-0.05, 0) is 0 Å². The average molecular weight is 291 g/mol. The van der Waals surface area contributed by atoms with E-state index in [0.717, 1.165) is 4.57 Å². The van der Waals surface area contributed by atoms with Crippen LogP contribution in [0.25, 0.3) is 0 Å². The molecule has 0 aliphatic carbocycles. The van der Waals surface area contributed by atoms with Crippen molar-refractivity contribution in [2.24, 2.45) is 12.9 Å². The Balaban J connectivity index is 2.58. The molecule has 0 saturated heterocycles. The summed E-state index contributed by atoms with van der Waals surface area (Å²) in [6, 6.07) is 5.55. The van der Waals surface area contributed by atoms with Gasteiger partial charge in [0.2, 0.25) is 0 Å². The largest absolute Gasteiger partial charge is 0.331 e. The number of hydrogen-bond acceptors (Lipinski definition) is 6. The zero-order chi connectivity index (χ0) is 15.6. The fourth-order valence-electron chi connectivity index (χ4n) is 1.97. The number of hydrazine groups is 1. The van der Waals surface area contributed by atoms with Crippen LogP contribution in [-0.2, 0) is 13.6 Å². The second kappa shape index (κ2) is 5.59. The molecule has 0 fully saturated rings. The lowest BCUT2D eigenvalue weighted by Gasteiger charge is -2.11. The van der Waals surface area contributed by atoms with Crippen LogP contribution in [0.1, 0.15) is 5.56 Å². The second-order valence-corrected chi connectivity index (χ2v) is 4.35. The summed E-state index contributed by atoms with van der Waals surface area (Å²) in [5, 5.41) is 10.9. The Hall–Kier alpha value is -2.94. The molecule has 9 heteroatoms. The highest BCUT2D eigenvalue weighted by Gasteiger charge is 2.17. The Bertz CT molecular complexity index is 808. The Morgan fingerprint density at radius 2 is 2.05 bits per heavy atom. The normalized spacial score (nSPS) is 10.4. The van der Waals surface area contributed by atoms with Gasteiger partial charge >= 0.3 is 5.69 Å².